The zero-order valence-corrected chi connectivity index (χ0v) is 16.4. The lowest BCUT2D eigenvalue weighted by Gasteiger charge is -2.08. The first kappa shape index (κ1) is 18.3. The minimum Gasteiger partial charge on any atom is -0.361 e. The molecule has 28 heavy (non-hydrogen) atoms. The first-order valence-electron chi connectivity index (χ1n) is 9.06. The fourth-order valence-corrected chi connectivity index (χ4v) is 3.55. The lowest BCUT2D eigenvalue weighted by molar-refractivity contribution is -0.120. The van der Waals surface area contributed by atoms with Crippen LogP contribution in [0.4, 0.5) is 0 Å². The van der Waals surface area contributed by atoms with Gasteiger partial charge in [-0.05, 0) is 72.3 Å². The predicted octanol–water partition coefficient (Wildman–Crippen LogP) is 4.14. The number of hydrogen-bond acceptors (Lipinski definition) is 2. The predicted molar refractivity (Wildman–Crippen MR) is 113 cm³/mol. The summed E-state index contributed by atoms with van der Waals surface area (Å²) >= 11 is 6.06. The van der Waals surface area contributed by atoms with Crippen molar-refractivity contribution in [1.29, 1.82) is 0 Å². The molecule has 0 atom stereocenters. The fourth-order valence-electron chi connectivity index (χ4n) is 3.38. The molecule has 0 bridgehead atoms. The highest BCUT2D eigenvalue weighted by molar-refractivity contribution is 6.31. The van der Waals surface area contributed by atoms with Gasteiger partial charge in [0.25, 0.3) is 5.56 Å². The molecular formula is C22H20ClN3O2. The van der Waals surface area contributed by atoms with Crippen LogP contribution in [0.5, 0.6) is 0 Å². The second kappa shape index (κ2) is 7.17. The highest BCUT2D eigenvalue weighted by Crippen LogP contribution is 2.23. The van der Waals surface area contributed by atoms with E-state index in [1.54, 1.807) is 6.07 Å². The molecule has 2 aromatic carbocycles. The summed E-state index contributed by atoms with van der Waals surface area (Å²) in [6.45, 7) is 4.23. The molecule has 0 spiro atoms. The van der Waals surface area contributed by atoms with Gasteiger partial charge >= 0.3 is 0 Å². The maximum Gasteiger partial charge on any atom is 0.253 e. The molecule has 2 aromatic heterocycles. The lowest BCUT2D eigenvalue weighted by atomic mass is 10.0. The minimum atomic E-state index is -0.185. The summed E-state index contributed by atoms with van der Waals surface area (Å²) in [7, 11) is 0. The Labute approximate surface area is 166 Å². The Balaban J connectivity index is 1.51. The summed E-state index contributed by atoms with van der Waals surface area (Å²) in [5, 5.41) is 5.35. The number of carbonyl (C=O) groups excluding carboxylic acids is 1. The first-order valence-corrected chi connectivity index (χ1v) is 9.44. The van der Waals surface area contributed by atoms with E-state index < -0.39 is 0 Å². The van der Waals surface area contributed by atoms with Crippen LogP contribution >= 0.6 is 11.6 Å². The van der Waals surface area contributed by atoms with Crippen molar-refractivity contribution in [3.05, 3.63) is 80.2 Å². The summed E-state index contributed by atoms with van der Waals surface area (Å²) in [6, 6.07) is 11.4. The molecule has 0 radical (unpaired) electrons. The first-order chi connectivity index (χ1) is 13.4. The van der Waals surface area contributed by atoms with Crippen LogP contribution < -0.4 is 10.9 Å². The van der Waals surface area contributed by atoms with Crippen LogP contribution in [-0.4, -0.2) is 15.9 Å². The van der Waals surface area contributed by atoms with E-state index in [4.69, 9.17) is 11.6 Å². The second-order valence-electron chi connectivity index (χ2n) is 7.10. The zero-order valence-electron chi connectivity index (χ0n) is 15.7. The van der Waals surface area contributed by atoms with E-state index >= 15 is 0 Å². The molecule has 0 unspecified atom stereocenters. The Hall–Kier alpha value is -3.05. The minimum absolute atomic E-state index is 0.152. The van der Waals surface area contributed by atoms with Gasteiger partial charge in [0.15, 0.2) is 0 Å². The van der Waals surface area contributed by atoms with Gasteiger partial charge in [-0.3, -0.25) is 9.59 Å². The smallest absolute Gasteiger partial charge is 0.253 e. The van der Waals surface area contributed by atoms with Crippen LogP contribution in [0, 0.1) is 13.8 Å². The summed E-state index contributed by atoms with van der Waals surface area (Å²) in [4.78, 5) is 30.8. The number of benzene rings is 2. The van der Waals surface area contributed by atoms with E-state index in [1.807, 2.05) is 50.4 Å². The second-order valence-corrected chi connectivity index (χ2v) is 7.54. The van der Waals surface area contributed by atoms with E-state index in [-0.39, 0.29) is 24.4 Å². The molecule has 0 fully saturated rings. The average Bonchev–Trinajstić information content (AvgIpc) is 3.03. The molecule has 0 aliphatic carbocycles. The average molecular weight is 394 g/mol. The third-order valence-electron chi connectivity index (χ3n) is 5.09. The van der Waals surface area contributed by atoms with Crippen LogP contribution in [0.3, 0.4) is 0 Å². The Morgan fingerprint density at radius 3 is 2.64 bits per heavy atom. The van der Waals surface area contributed by atoms with Crippen molar-refractivity contribution >= 4 is 39.3 Å². The Morgan fingerprint density at radius 1 is 1.04 bits per heavy atom. The van der Waals surface area contributed by atoms with Gasteiger partial charge < -0.3 is 15.3 Å². The number of pyridine rings is 1. The zero-order chi connectivity index (χ0) is 19.8. The van der Waals surface area contributed by atoms with Crippen LogP contribution in [0.1, 0.15) is 22.3 Å². The number of aromatic amines is 2. The number of hydrogen-bond donors (Lipinski definition) is 3. The number of aromatic nitrogens is 2. The van der Waals surface area contributed by atoms with Crippen molar-refractivity contribution in [3.63, 3.8) is 0 Å². The molecule has 6 heteroatoms. The monoisotopic (exact) mass is 393 g/mol. The third-order valence-corrected chi connectivity index (χ3v) is 5.33. The van der Waals surface area contributed by atoms with E-state index in [0.717, 1.165) is 38.5 Å². The highest BCUT2D eigenvalue weighted by Gasteiger charge is 2.11. The van der Waals surface area contributed by atoms with Crippen molar-refractivity contribution in [3.8, 4) is 0 Å². The Morgan fingerprint density at radius 2 is 1.82 bits per heavy atom. The molecule has 3 N–H and O–H groups in total. The van der Waals surface area contributed by atoms with Crippen LogP contribution in [0.2, 0.25) is 5.02 Å². The number of H-pyrrole nitrogens is 2. The molecule has 2 heterocycles. The molecule has 4 aromatic rings. The Bertz CT molecular complexity index is 1270. The van der Waals surface area contributed by atoms with E-state index in [2.05, 4.69) is 15.3 Å². The molecule has 0 aliphatic rings. The largest absolute Gasteiger partial charge is 0.361 e. The van der Waals surface area contributed by atoms with Crippen molar-refractivity contribution in [2.24, 2.45) is 0 Å². The molecule has 5 nitrogen and oxygen atoms in total. The summed E-state index contributed by atoms with van der Waals surface area (Å²) in [5.74, 6) is -0.152. The van der Waals surface area contributed by atoms with Gasteiger partial charge in [0, 0.05) is 39.7 Å². The number of aryl methyl sites for hydroxylation is 2. The fraction of sp³-hybridized carbons (Fsp3) is 0.182. The maximum atomic E-state index is 12.4. The number of nitrogens with one attached hydrogen (secondary N) is 3. The van der Waals surface area contributed by atoms with E-state index in [0.29, 0.717) is 10.6 Å². The van der Waals surface area contributed by atoms with Gasteiger partial charge in [-0.1, -0.05) is 11.6 Å². The van der Waals surface area contributed by atoms with Crippen molar-refractivity contribution in [2.45, 2.75) is 26.8 Å². The molecule has 1 amide bonds. The molecule has 0 saturated heterocycles. The molecular weight excluding hydrogens is 374 g/mol. The van der Waals surface area contributed by atoms with Gasteiger partial charge in [0.2, 0.25) is 5.91 Å². The molecule has 0 aliphatic heterocycles. The quantitative estimate of drug-likeness (QED) is 0.487. The number of rotatable bonds is 4. The molecule has 0 saturated carbocycles. The van der Waals surface area contributed by atoms with Crippen LogP contribution in [0.25, 0.3) is 21.8 Å². The van der Waals surface area contributed by atoms with Gasteiger partial charge in [-0.15, -0.1) is 0 Å². The third kappa shape index (κ3) is 3.53. The molecule has 4 rings (SSSR count). The summed E-state index contributed by atoms with van der Waals surface area (Å²) < 4.78 is 0. The summed E-state index contributed by atoms with van der Waals surface area (Å²) in [6.07, 6.45) is 2.03. The maximum absolute atomic E-state index is 12.4. The number of carbonyl (C=O) groups is 1. The highest BCUT2D eigenvalue weighted by atomic mass is 35.5. The van der Waals surface area contributed by atoms with E-state index in [9.17, 15) is 9.59 Å². The topological polar surface area (TPSA) is 77.8 Å². The molecule has 142 valence electrons. The van der Waals surface area contributed by atoms with Crippen molar-refractivity contribution in [1.82, 2.24) is 15.3 Å². The van der Waals surface area contributed by atoms with Crippen LogP contribution in [0.15, 0.2) is 47.4 Å². The van der Waals surface area contributed by atoms with Gasteiger partial charge in [-0.25, -0.2) is 0 Å². The number of amides is 1. The SMILES string of the molecule is Cc1cc2cc(CNC(=O)Cc3c[nH]c4ccc(Cl)cc34)c(=O)[nH]c2cc1C. The standard InChI is InChI=1S/C22H20ClN3O2/c1-12-5-14-7-16(22(28)26-20(14)6-13(12)2)11-25-21(27)8-15-10-24-19-4-3-17(23)9-18(15)19/h3-7,9-10,24H,8,11H2,1-2H3,(H,25,27)(H,26,28). The number of fused-ring (bicyclic) bond motifs is 2. The van der Waals surface area contributed by atoms with Crippen molar-refractivity contribution < 1.29 is 4.79 Å². The van der Waals surface area contributed by atoms with Crippen molar-refractivity contribution in [2.75, 3.05) is 0 Å². The van der Waals surface area contributed by atoms with Crippen LogP contribution in [-0.2, 0) is 17.8 Å². The lowest BCUT2D eigenvalue weighted by Crippen LogP contribution is -2.27. The van der Waals surface area contributed by atoms with Gasteiger partial charge in [0.05, 0.1) is 6.42 Å². The van der Waals surface area contributed by atoms with Gasteiger partial charge in [-0.2, -0.15) is 0 Å². The Kier molecular flexibility index (Phi) is 4.69. The normalized spacial score (nSPS) is 11.2. The number of halogens is 1. The van der Waals surface area contributed by atoms with E-state index in [1.165, 1.54) is 0 Å². The van der Waals surface area contributed by atoms with Gasteiger partial charge in [0.1, 0.15) is 0 Å². The summed E-state index contributed by atoms with van der Waals surface area (Å²) in [5.41, 5.74) is 5.24.